The zero-order valence-corrected chi connectivity index (χ0v) is 9.37. The maximum atomic E-state index is 12.4. The van der Waals surface area contributed by atoms with Gasteiger partial charge in [-0.05, 0) is 37.4 Å². The highest BCUT2D eigenvalue weighted by Crippen LogP contribution is 2.32. The molecule has 3 atom stereocenters. The first kappa shape index (κ1) is 10.9. The molecule has 1 saturated carbocycles. The molecule has 2 bridgehead atoms. The van der Waals surface area contributed by atoms with E-state index in [2.05, 4.69) is 15.6 Å². The summed E-state index contributed by atoms with van der Waals surface area (Å²) in [7, 11) is 0. The molecule has 2 fully saturated rings. The van der Waals surface area contributed by atoms with Crippen LogP contribution in [0.1, 0.15) is 24.8 Å². The summed E-state index contributed by atoms with van der Waals surface area (Å²) in [5, 5.41) is 6.77. The van der Waals surface area contributed by atoms with Crippen LogP contribution in [0.3, 0.4) is 0 Å². The van der Waals surface area contributed by atoms with Crippen molar-refractivity contribution in [3.63, 3.8) is 0 Å². The van der Waals surface area contributed by atoms with Gasteiger partial charge in [-0.3, -0.25) is 0 Å². The molecule has 0 spiro atoms. The predicted octanol–water partition coefficient (Wildman–Crippen LogP) is 2.18. The number of hydrogen-bond donors (Lipinski definition) is 2. The number of nitrogens with zero attached hydrogens (tertiary/aromatic N) is 1. The Balaban J connectivity index is 1.65. The summed E-state index contributed by atoms with van der Waals surface area (Å²) in [5.41, 5.74) is -0.0263. The lowest BCUT2D eigenvalue weighted by Crippen LogP contribution is -2.41. The lowest BCUT2D eigenvalue weighted by molar-refractivity contribution is 0.151. The van der Waals surface area contributed by atoms with Crippen molar-refractivity contribution in [1.82, 2.24) is 10.3 Å². The number of anilines is 1. The van der Waals surface area contributed by atoms with Gasteiger partial charge in [-0.1, -0.05) is 0 Å². The van der Waals surface area contributed by atoms with Gasteiger partial charge in [0, 0.05) is 23.8 Å². The quantitative estimate of drug-likeness (QED) is 0.849. The summed E-state index contributed by atoms with van der Waals surface area (Å²) < 4.78 is 24.7. The van der Waals surface area contributed by atoms with Crippen LogP contribution in [0.2, 0.25) is 0 Å². The van der Waals surface area contributed by atoms with E-state index in [9.17, 15) is 8.78 Å². The average Bonchev–Trinajstić information content (AvgIpc) is 2.91. The van der Waals surface area contributed by atoms with Crippen molar-refractivity contribution in [2.75, 3.05) is 11.9 Å². The number of alkyl halides is 2. The zero-order chi connectivity index (χ0) is 11.8. The number of rotatable bonds is 3. The average molecular weight is 239 g/mol. The van der Waals surface area contributed by atoms with Gasteiger partial charge >= 0.3 is 0 Å². The topological polar surface area (TPSA) is 37.0 Å². The maximum absolute atomic E-state index is 12.4. The first-order chi connectivity index (χ1) is 8.22. The van der Waals surface area contributed by atoms with Crippen LogP contribution < -0.4 is 10.6 Å². The molecular formula is C12H15F2N3. The highest BCUT2D eigenvalue weighted by molar-refractivity contribution is 5.38. The molecular weight excluding hydrogens is 224 g/mol. The number of hydrogen-bond acceptors (Lipinski definition) is 3. The van der Waals surface area contributed by atoms with Gasteiger partial charge in [-0.2, -0.15) is 0 Å². The Labute approximate surface area is 98.6 Å². The minimum absolute atomic E-state index is 0.0263. The van der Waals surface area contributed by atoms with Gasteiger partial charge in [0.1, 0.15) is 5.82 Å². The van der Waals surface area contributed by atoms with E-state index in [1.165, 1.54) is 18.7 Å². The minimum Gasteiger partial charge on any atom is -0.366 e. The van der Waals surface area contributed by atoms with Crippen molar-refractivity contribution >= 4 is 5.82 Å². The Morgan fingerprint density at radius 2 is 2.24 bits per heavy atom. The van der Waals surface area contributed by atoms with Crippen molar-refractivity contribution < 1.29 is 8.78 Å². The van der Waals surface area contributed by atoms with E-state index in [0.717, 1.165) is 18.9 Å². The van der Waals surface area contributed by atoms with Gasteiger partial charge in [0.25, 0.3) is 6.43 Å². The zero-order valence-electron chi connectivity index (χ0n) is 9.37. The molecule has 17 heavy (non-hydrogen) atoms. The first-order valence-electron chi connectivity index (χ1n) is 5.96. The Bertz CT molecular complexity index is 393. The highest BCUT2D eigenvalue weighted by Gasteiger charge is 2.39. The molecule has 1 saturated heterocycles. The summed E-state index contributed by atoms with van der Waals surface area (Å²) >= 11 is 0. The fraction of sp³-hybridized carbons (Fsp3) is 0.583. The second kappa shape index (κ2) is 4.22. The van der Waals surface area contributed by atoms with Crippen molar-refractivity contribution in [3.05, 3.63) is 23.9 Å². The van der Waals surface area contributed by atoms with Crippen LogP contribution in [-0.4, -0.2) is 23.6 Å². The fourth-order valence-electron chi connectivity index (χ4n) is 2.82. The van der Waals surface area contributed by atoms with E-state index >= 15 is 0 Å². The van der Waals surface area contributed by atoms with E-state index in [1.54, 1.807) is 6.07 Å². The van der Waals surface area contributed by atoms with Crippen LogP contribution in [-0.2, 0) is 0 Å². The second-order valence-corrected chi connectivity index (χ2v) is 4.88. The van der Waals surface area contributed by atoms with E-state index in [-0.39, 0.29) is 5.56 Å². The molecule has 2 aliphatic rings. The number of fused-ring (bicyclic) bond motifs is 2. The number of piperidine rings is 1. The van der Waals surface area contributed by atoms with E-state index in [0.29, 0.717) is 17.9 Å². The minimum atomic E-state index is -2.44. The Kier molecular flexibility index (Phi) is 2.70. The molecule has 1 aliphatic carbocycles. The first-order valence-corrected chi connectivity index (χ1v) is 5.96. The molecule has 0 amide bonds. The van der Waals surface area contributed by atoms with Crippen LogP contribution >= 0.6 is 0 Å². The third kappa shape index (κ3) is 2.11. The Morgan fingerprint density at radius 3 is 2.76 bits per heavy atom. The molecule has 1 aromatic heterocycles. The summed E-state index contributed by atoms with van der Waals surface area (Å²) in [6.07, 6.45) is 1.16. The molecule has 92 valence electrons. The molecule has 0 radical (unpaired) electrons. The van der Waals surface area contributed by atoms with Crippen molar-refractivity contribution in [2.45, 2.75) is 31.4 Å². The SMILES string of the molecule is FC(F)c1ccc(N[C@@H]2C[C@@H]3CN[C@H]2C3)nc1. The van der Waals surface area contributed by atoms with Crippen LogP contribution in [0.5, 0.6) is 0 Å². The largest absolute Gasteiger partial charge is 0.366 e. The lowest BCUT2D eigenvalue weighted by atomic mass is 10.1. The summed E-state index contributed by atoms with van der Waals surface area (Å²) in [4.78, 5) is 4.03. The molecule has 1 aromatic rings. The predicted molar refractivity (Wildman–Crippen MR) is 61.1 cm³/mol. The second-order valence-electron chi connectivity index (χ2n) is 4.88. The van der Waals surface area contributed by atoms with E-state index in [4.69, 9.17) is 0 Å². The van der Waals surface area contributed by atoms with Gasteiger partial charge in [0.05, 0.1) is 0 Å². The molecule has 2 heterocycles. The normalized spacial score (nSPS) is 31.1. The third-order valence-electron chi connectivity index (χ3n) is 3.70. The molecule has 3 rings (SSSR count). The molecule has 1 aliphatic heterocycles. The highest BCUT2D eigenvalue weighted by atomic mass is 19.3. The third-order valence-corrected chi connectivity index (χ3v) is 3.70. The maximum Gasteiger partial charge on any atom is 0.265 e. The fourth-order valence-corrected chi connectivity index (χ4v) is 2.82. The van der Waals surface area contributed by atoms with Crippen molar-refractivity contribution in [2.24, 2.45) is 5.92 Å². The monoisotopic (exact) mass is 239 g/mol. The number of pyridine rings is 1. The van der Waals surface area contributed by atoms with E-state index < -0.39 is 6.43 Å². The smallest absolute Gasteiger partial charge is 0.265 e. The summed E-state index contributed by atoms with van der Waals surface area (Å²) in [5.74, 6) is 1.45. The van der Waals surface area contributed by atoms with Crippen LogP contribution in [0, 0.1) is 5.92 Å². The Morgan fingerprint density at radius 1 is 1.35 bits per heavy atom. The Hall–Kier alpha value is -1.23. The van der Waals surface area contributed by atoms with Gasteiger partial charge in [0.2, 0.25) is 0 Å². The molecule has 0 unspecified atom stereocenters. The number of aromatic nitrogens is 1. The summed E-state index contributed by atoms with van der Waals surface area (Å²) in [6.45, 7) is 1.11. The molecule has 5 heteroatoms. The number of halogens is 2. The van der Waals surface area contributed by atoms with Gasteiger partial charge < -0.3 is 10.6 Å². The lowest BCUT2D eigenvalue weighted by Gasteiger charge is -2.24. The van der Waals surface area contributed by atoms with Gasteiger partial charge in [-0.25, -0.2) is 13.8 Å². The van der Waals surface area contributed by atoms with Crippen LogP contribution in [0.25, 0.3) is 0 Å². The molecule has 3 nitrogen and oxygen atoms in total. The molecule has 2 N–H and O–H groups in total. The van der Waals surface area contributed by atoms with E-state index in [1.807, 2.05) is 0 Å². The molecule has 0 aromatic carbocycles. The standard InChI is InChI=1S/C12H15F2N3/c13-12(14)8-1-2-11(16-6-8)17-10-4-7-3-9(10)15-5-7/h1-2,6-7,9-10,12,15H,3-5H2,(H,16,17)/t7-,9+,10-/m1/s1. The number of nitrogens with one attached hydrogen (secondary N) is 2. The van der Waals surface area contributed by atoms with Crippen molar-refractivity contribution in [3.8, 4) is 0 Å². The summed E-state index contributed by atoms with van der Waals surface area (Å²) in [6, 6.07) is 3.96. The van der Waals surface area contributed by atoms with Crippen molar-refractivity contribution in [1.29, 1.82) is 0 Å². The van der Waals surface area contributed by atoms with Crippen LogP contribution in [0.4, 0.5) is 14.6 Å². The van der Waals surface area contributed by atoms with Gasteiger partial charge in [0.15, 0.2) is 0 Å². The van der Waals surface area contributed by atoms with Gasteiger partial charge in [-0.15, -0.1) is 0 Å². The van der Waals surface area contributed by atoms with Crippen LogP contribution in [0.15, 0.2) is 18.3 Å².